The molecule has 5 nitrogen and oxygen atoms in total. The van der Waals surface area contributed by atoms with Gasteiger partial charge in [-0.25, -0.2) is 4.79 Å². The Morgan fingerprint density at radius 3 is 2.63 bits per heavy atom. The highest BCUT2D eigenvalue weighted by Gasteiger charge is 2.43. The van der Waals surface area contributed by atoms with Crippen molar-refractivity contribution >= 4 is 6.09 Å². The minimum absolute atomic E-state index is 0.184. The molecule has 0 bridgehead atoms. The van der Waals surface area contributed by atoms with E-state index in [1.807, 2.05) is 25.7 Å². The van der Waals surface area contributed by atoms with Gasteiger partial charge in [0.1, 0.15) is 5.60 Å². The van der Waals surface area contributed by atoms with Gasteiger partial charge in [-0.15, -0.1) is 0 Å². The smallest absolute Gasteiger partial charge is 0.410 e. The molecule has 0 radical (unpaired) electrons. The number of fused-ring (bicyclic) bond motifs is 1. The zero-order chi connectivity index (χ0) is 14.2. The zero-order valence-corrected chi connectivity index (χ0v) is 12.6. The third kappa shape index (κ3) is 3.20. The van der Waals surface area contributed by atoms with Gasteiger partial charge in [0, 0.05) is 25.7 Å². The Morgan fingerprint density at radius 1 is 1.37 bits per heavy atom. The lowest BCUT2D eigenvalue weighted by molar-refractivity contribution is 0.0106. The first-order valence-electron chi connectivity index (χ1n) is 7.20. The van der Waals surface area contributed by atoms with Gasteiger partial charge in [0.05, 0.1) is 0 Å². The number of piperidine rings is 1. The molecule has 0 aromatic rings. The summed E-state index contributed by atoms with van der Waals surface area (Å²) in [6.45, 7) is 9.04. The number of carbonyl (C=O) groups excluding carboxylic acids is 1. The zero-order valence-electron chi connectivity index (χ0n) is 12.6. The molecule has 0 aromatic carbocycles. The molecule has 19 heavy (non-hydrogen) atoms. The second-order valence-corrected chi connectivity index (χ2v) is 6.88. The second kappa shape index (κ2) is 5.29. The van der Waals surface area contributed by atoms with Crippen molar-refractivity contribution in [1.29, 1.82) is 0 Å². The number of rotatable bonds is 1. The lowest BCUT2D eigenvalue weighted by Gasteiger charge is -2.38. The number of nitrogens with zero attached hydrogens (tertiary/aromatic N) is 2. The van der Waals surface area contributed by atoms with E-state index in [-0.39, 0.29) is 6.09 Å². The summed E-state index contributed by atoms with van der Waals surface area (Å²) in [7, 11) is 2.16. The van der Waals surface area contributed by atoms with E-state index in [9.17, 15) is 4.79 Å². The first-order chi connectivity index (χ1) is 8.81. The van der Waals surface area contributed by atoms with Crippen molar-refractivity contribution in [2.24, 2.45) is 17.6 Å². The van der Waals surface area contributed by atoms with Gasteiger partial charge in [-0.05, 0) is 52.6 Å². The van der Waals surface area contributed by atoms with Crippen LogP contribution in [0.1, 0.15) is 27.2 Å². The van der Waals surface area contributed by atoms with Crippen LogP contribution in [0.4, 0.5) is 4.79 Å². The van der Waals surface area contributed by atoms with Crippen molar-refractivity contribution < 1.29 is 9.53 Å². The molecule has 110 valence electrons. The number of likely N-dealkylation sites (tertiary alicyclic amines) is 2. The van der Waals surface area contributed by atoms with Gasteiger partial charge in [-0.3, -0.25) is 0 Å². The summed E-state index contributed by atoms with van der Waals surface area (Å²) in [6, 6.07) is 0.576. The fourth-order valence-electron chi connectivity index (χ4n) is 3.36. The topological polar surface area (TPSA) is 58.8 Å². The van der Waals surface area contributed by atoms with Gasteiger partial charge >= 0.3 is 6.09 Å². The summed E-state index contributed by atoms with van der Waals surface area (Å²) in [5.74, 6) is 0.997. The molecule has 2 rings (SSSR count). The summed E-state index contributed by atoms with van der Waals surface area (Å²) in [6.07, 6.45) is 0.841. The highest BCUT2D eigenvalue weighted by Crippen LogP contribution is 2.34. The predicted molar refractivity (Wildman–Crippen MR) is 74.9 cm³/mol. The van der Waals surface area contributed by atoms with E-state index in [0.717, 1.165) is 26.1 Å². The van der Waals surface area contributed by atoms with Crippen LogP contribution in [0.25, 0.3) is 0 Å². The average molecular weight is 269 g/mol. The standard InChI is InChI=1S/C14H27N3O2/c1-14(2,3)19-13(18)17-6-5-12-11(9-17)10(7-15)8-16(12)4/h10-12H,5-9,15H2,1-4H3. The second-order valence-electron chi connectivity index (χ2n) is 6.88. The minimum atomic E-state index is -0.423. The molecule has 2 N–H and O–H groups in total. The van der Waals surface area contributed by atoms with Crippen LogP contribution >= 0.6 is 0 Å². The average Bonchev–Trinajstić information content (AvgIpc) is 2.63. The van der Waals surface area contributed by atoms with Crippen molar-refractivity contribution in [2.45, 2.75) is 38.8 Å². The molecule has 2 heterocycles. The van der Waals surface area contributed by atoms with E-state index in [0.29, 0.717) is 24.4 Å². The van der Waals surface area contributed by atoms with Gasteiger partial charge < -0.3 is 20.3 Å². The first kappa shape index (κ1) is 14.6. The number of carbonyl (C=O) groups is 1. The lowest BCUT2D eigenvalue weighted by atomic mass is 9.86. The Labute approximate surface area is 116 Å². The molecule has 2 aliphatic rings. The normalized spacial score (nSPS) is 32.3. The number of hydrogen-bond donors (Lipinski definition) is 1. The van der Waals surface area contributed by atoms with Gasteiger partial charge in [0.15, 0.2) is 0 Å². The SMILES string of the molecule is CN1CC(CN)C2CN(C(=O)OC(C)(C)C)CCC21. The monoisotopic (exact) mass is 269 g/mol. The highest BCUT2D eigenvalue weighted by molar-refractivity contribution is 5.68. The van der Waals surface area contributed by atoms with Gasteiger partial charge in [0.25, 0.3) is 0 Å². The molecule has 0 aromatic heterocycles. The van der Waals surface area contributed by atoms with Crippen molar-refractivity contribution in [1.82, 2.24) is 9.80 Å². The first-order valence-corrected chi connectivity index (χ1v) is 7.20. The van der Waals surface area contributed by atoms with E-state index in [1.54, 1.807) is 0 Å². The fraction of sp³-hybridized carbons (Fsp3) is 0.929. The summed E-state index contributed by atoms with van der Waals surface area (Å²) >= 11 is 0. The predicted octanol–water partition coefficient (Wildman–Crippen LogP) is 1.13. The Morgan fingerprint density at radius 2 is 2.05 bits per heavy atom. The number of hydrogen-bond acceptors (Lipinski definition) is 4. The lowest BCUT2D eigenvalue weighted by Crippen LogP contribution is -2.49. The third-order valence-electron chi connectivity index (χ3n) is 4.27. The number of amides is 1. The van der Waals surface area contributed by atoms with Crippen molar-refractivity contribution in [3.8, 4) is 0 Å². The molecular formula is C14H27N3O2. The van der Waals surface area contributed by atoms with Crippen molar-refractivity contribution in [3.63, 3.8) is 0 Å². The van der Waals surface area contributed by atoms with E-state index in [4.69, 9.17) is 10.5 Å². The Hall–Kier alpha value is -0.810. The van der Waals surface area contributed by atoms with Crippen LogP contribution < -0.4 is 5.73 Å². The maximum atomic E-state index is 12.1. The molecule has 2 fully saturated rings. The third-order valence-corrected chi connectivity index (χ3v) is 4.27. The molecule has 3 atom stereocenters. The molecule has 2 aliphatic heterocycles. The molecule has 1 amide bonds. The Balaban J connectivity index is 1.99. The van der Waals surface area contributed by atoms with E-state index >= 15 is 0 Å². The highest BCUT2D eigenvalue weighted by atomic mass is 16.6. The molecule has 0 aliphatic carbocycles. The number of nitrogens with two attached hydrogens (primary N) is 1. The Bertz CT molecular complexity index is 340. The van der Waals surface area contributed by atoms with Gasteiger partial charge in [-0.2, -0.15) is 0 Å². The minimum Gasteiger partial charge on any atom is -0.444 e. The van der Waals surface area contributed by atoms with E-state index < -0.39 is 5.60 Å². The molecule has 5 heteroatoms. The van der Waals surface area contributed by atoms with Crippen LogP contribution in [-0.2, 0) is 4.74 Å². The maximum Gasteiger partial charge on any atom is 0.410 e. The van der Waals surface area contributed by atoms with Crippen LogP contribution in [-0.4, -0.2) is 60.8 Å². The van der Waals surface area contributed by atoms with Crippen molar-refractivity contribution in [2.75, 3.05) is 33.2 Å². The van der Waals surface area contributed by atoms with Gasteiger partial charge in [-0.1, -0.05) is 0 Å². The molecule has 2 saturated heterocycles. The van der Waals surface area contributed by atoms with Crippen LogP contribution in [0.3, 0.4) is 0 Å². The molecule has 0 spiro atoms. The summed E-state index contributed by atoms with van der Waals surface area (Å²) in [4.78, 5) is 16.4. The van der Waals surface area contributed by atoms with Crippen LogP contribution in [0, 0.1) is 11.8 Å². The van der Waals surface area contributed by atoms with Crippen LogP contribution in [0.5, 0.6) is 0 Å². The van der Waals surface area contributed by atoms with Crippen molar-refractivity contribution in [3.05, 3.63) is 0 Å². The van der Waals surface area contributed by atoms with Gasteiger partial charge in [0.2, 0.25) is 0 Å². The molecular weight excluding hydrogens is 242 g/mol. The number of ether oxygens (including phenoxy) is 1. The summed E-state index contributed by atoms with van der Waals surface area (Å²) < 4.78 is 5.46. The quantitative estimate of drug-likeness (QED) is 0.775. The van der Waals surface area contributed by atoms with Crippen LogP contribution in [0.2, 0.25) is 0 Å². The Kier molecular flexibility index (Phi) is 4.06. The van der Waals surface area contributed by atoms with E-state index in [2.05, 4.69) is 11.9 Å². The largest absolute Gasteiger partial charge is 0.444 e. The van der Waals surface area contributed by atoms with Crippen LogP contribution in [0.15, 0.2) is 0 Å². The summed E-state index contributed by atoms with van der Waals surface area (Å²) in [5, 5.41) is 0. The fourth-order valence-corrected chi connectivity index (χ4v) is 3.36. The maximum absolute atomic E-state index is 12.1. The van der Waals surface area contributed by atoms with E-state index in [1.165, 1.54) is 0 Å². The molecule has 0 saturated carbocycles. The molecule has 3 unspecified atom stereocenters. The summed E-state index contributed by atoms with van der Waals surface area (Å²) in [5.41, 5.74) is 5.44.